The molecule has 1 heterocycles. The quantitative estimate of drug-likeness (QED) is 0.673. The van der Waals surface area contributed by atoms with Crippen molar-refractivity contribution in [3.05, 3.63) is 54.6 Å². The van der Waals surface area contributed by atoms with Gasteiger partial charge in [0.25, 0.3) is 5.82 Å². The van der Waals surface area contributed by atoms with Gasteiger partial charge in [-0.15, -0.1) is 5.10 Å². The van der Waals surface area contributed by atoms with Gasteiger partial charge in [-0.3, -0.25) is 0 Å². The number of rotatable bonds is 1. The van der Waals surface area contributed by atoms with Gasteiger partial charge in [-0.25, -0.2) is 9.67 Å². The zero-order chi connectivity index (χ0) is 13.5. The molecule has 0 aliphatic heterocycles. The van der Waals surface area contributed by atoms with Crippen molar-refractivity contribution < 1.29 is 13.2 Å². The molecule has 0 aliphatic rings. The van der Waals surface area contributed by atoms with Crippen LogP contribution >= 0.6 is 0 Å². The topological polar surface area (TPSA) is 30.7 Å². The van der Waals surface area contributed by atoms with E-state index in [9.17, 15) is 13.2 Å². The lowest BCUT2D eigenvalue weighted by atomic mass is 10.1. The van der Waals surface area contributed by atoms with Gasteiger partial charge in [-0.1, -0.05) is 30.3 Å². The van der Waals surface area contributed by atoms with Crippen molar-refractivity contribution in [2.75, 3.05) is 0 Å². The molecule has 0 unspecified atom stereocenters. The second-order valence-electron chi connectivity index (χ2n) is 4.04. The number of hydrogen-bond donors (Lipinski definition) is 0. The predicted octanol–water partition coefficient (Wildman–Crippen LogP) is 3.44. The molecule has 0 fully saturated rings. The first kappa shape index (κ1) is 11.7. The molecule has 6 heteroatoms. The molecule has 0 atom stereocenters. The Bertz CT molecular complexity index is 731. The molecule has 19 heavy (non-hydrogen) atoms. The van der Waals surface area contributed by atoms with Crippen LogP contribution in [0.2, 0.25) is 0 Å². The van der Waals surface area contributed by atoms with E-state index in [4.69, 9.17) is 0 Å². The van der Waals surface area contributed by atoms with Crippen LogP contribution < -0.4 is 0 Å². The Morgan fingerprint density at radius 1 is 0.947 bits per heavy atom. The monoisotopic (exact) mass is 263 g/mol. The highest BCUT2D eigenvalue weighted by molar-refractivity contribution is 5.84. The maximum Gasteiger partial charge on any atom is 0.453 e. The molecule has 1 aromatic heterocycles. The van der Waals surface area contributed by atoms with E-state index >= 15 is 0 Å². The van der Waals surface area contributed by atoms with Crippen molar-refractivity contribution >= 4 is 10.8 Å². The lowest BCUT2D eigenvalue weighted by Crippen LogP contribution is -2.08. The molecule has 0 saturated heterocycles. The Kier molecular flexibility index (Phi) is 2.51. The maximum absolute atomic E-state index is 12.4. The molecular weight excluding hydrogens is 255 g/mol. The Labute approximate surface area is 106 Å². The van der Waals surface area contributed by atoms with Gasteiger partial charge in [0.2, 0.25) is 0 Å². The van der Waals surface area contributed by atoms with E-state index in [1.54, 1.807) is 12.1 Å². The summed E-state index contributed by atoms with van der Waals surface area (Å²) in [5.74, 6) is -1.14. The first-order chi connectivity index (χ1) is 9.04. The molecule has 0 spiro atoms. The van der Waals surface area contributed by atoms with E-state index < -0.39 is 12.0 Å². The van der Waals surface area contributed by atoms with E-state index in [1.807, 2.05) is 30.3 Å². The Morgan fingerprint density at radius 2 is 1.68 bits per heavy atom. The summed E-state index contributed by atoms with van der Waals surface area (Å²) in [6, 6.07) is 12.9. The highest BCUT2D eigenvalue weighted by Crippen LogP contribution is 2.26. The Morgan fingerprint density at radius 3 is 2.37 bits per heavy atom. The van der Waals surface area contributed by atoms with Gasteiger partial charge >= 0.3 is 6.18 Å². The van der Waals surface area contributed by atoms with E-state index in [0.29, 0.717) is 5.69 Å². The summed E-state index contributed by atoms with van der Waals surface area (Å²) in [4.78, 5) is 3.27. The van der Waals surface area contributed by atoms with Gasteiger partial charge < -0.3 is 0 Å². The van der Waals surface area contributed by atoms with Crippen molar-refractivity contribution in [2.24, 2.45) is 0 Å². The lowest BCUT2D eigenvalue weighted by Gasteiger charge is -2.03. The van der Waals surface area contributed by atoms with Gasteiger partial charge in [-0.05, 0) is 22.9 Å². The highest BCUT2D eigenvalue weighted by atomic mass is 19.4. The fourth-order valence-electron chi connectivity index (χ4n) is 1.84. The van der Waals surface area contributed by atoms with Crippen LogP contribution in [0.5, 0.6) is 0 Å². The Hall–Kier alpha value is -2.37. The van der Waals surface area contributed by atoms with Crippen LogP contribution in [0.25, 0.3) is 16.5 Å². The minimum atomic E-state index is -4.53. The number of aromatic nitrogens is 3. The fraction of sp³-hybridized carbons (Fsp3) is 0.0769. The molecule has 0 bridgehead atoms. The predicted molar refractivity (Wildman–Crippen MR) is 63.9 cm³/mol. The van der Waals surface area contributed by atoms with E-state index in [2.05, 4.69) is 10.1 Å². The Balaban J connectivity index is 2.07. The summed E-state index contributed by atoms with van der Waals surface area (Å²) in [5.41, 5.74) is 0.543. The first-order valence-corrected chi connectivity index (χ1v) is 5.52. The van der Waals surface area contributed by atoms with Crippen LogP contribution in [-0.4, -0.2) is 14.8 Å². The number of nitrogens with zero attached hydrogens (tertiary/aromatic N) is 3. The molecule has 3 aromatic rings. The third-order valence-corrected chi connectivity index (χ3v) is 2.74. The standard InChI is InChI=1S/C13H8F3N3/c14-13(15,16)12-17-8-19(18-12)11-6-5-9-3-1-2-4-10(9)7-11/h1-8H. The molecule has 3 nitrogen and oxygen atoms in total. The van der Waals surface area contributed by atoms with Gasteiger partial charge in [0.15, 0.2) is 0 Å². The summed E-state index contributed by atoms with van der Waals surface area (Å²) in [5, 5.41) is 5.39. The third kappa shape index (κ3) is 2.16. The smallest absolute Gasteiger partial charge is 0.220 e. The van der Waals surface area contributed by atoms with E-state index in [-0.39, 0.29) is 0 Å². The molecule has 0 N–H and O–H groups in total. The SMILES string of the molecule is FC(F)(F)c1ncn(-c2ccc3ccccc3c2)n1. The molecule has 0 radical (unpaired) electrons. The summed E-state index contributed by atoms with van der Waals surface area (Å²) >= 11 is 0. The molecule has 0 amide bonds. The van der Waals surface area contributed by atoms with Crippen LogP contribution in [0.3, 0.4) is 0 Å². The van der Waals surface area contributed by atoms with E-state index in [0.717, 1.165) is 21.8 Å². The van der Waals surface area contributed by atoms with Gasteiger partial charge in [0, 0.05) is 0 Å². The summed E-state index contributed by atoms with van der Waals surface area (Å²) < 4.78 is 38.4. The van der Waals surface area contributed by atoms with Gasteiger partial charge in [0.1, 0.15) is 6.33 Å². The first-order valence-electron chi connectivity index (χ1n) is 5.52. The van der Waals surface area contributed by atoms with Crippen molar-refractivity contribution in [3.8, 4) is 5.69 Å². The largest absolute Gasteiger partial charge is 0.453 e. The number of hydrogen-bond acceptors (Lipinski definition) is 2. The van der Waals surface area contributed by atoms with Crippen molar-refractivity contribution in [3.63, 3.8) is 0 Å². The minimum Gasteiger partial charge on any atom is -0.220 e. The average Bonchev–Trinajstić information content (AvgIpc) is 2.87. The number of halogens is 3. The van der Waals surface area contributed by atoms with Crippen LogP contribution in [0, 0.1) is 0 Å². The molecule has 2 aromatic carbocycles. The van der Waals surface area contributed by atoms with Crippen molar-refractivity contribution in [1.82, 2.24) is 14.8 Å². The molecule has 0 saturated carbocycles. The number of fused-ring (bicyclic) bond motifs is 1. The summed E-state index contributed by atoms with van der Waals surface area (Å²) in [6.45, 7) is 0. The second kappa shape index (κ2) is 4.08. The van der Waals surface area contributed by atoms with Crippen LogP contribution in [0.15, 0.2) is 48.8 Å². The van der Waals surface area contributed by atoms with Gasteiger partial charge in [-0.2, -0.15) is 13.2 Å². The van der Waals surface area contributed by atoms with Gasteiger partial charge in [0.05, 0.1) is 5.69 Å². The zero-order valence-electron chi connectivity index (χ0n) is 9.59. The summed E-state index contributed by atoms with van der Waals surface area (Å²) in [6.07, 6.45) is -3.46. The minimum absolute atomic E-state index is 0.543. The van der Waals surface area contributed by atoms with Crippen LogP contribution in [0.4, 0.5) is 13.2 Å². The normalized spacial score (nSPS) is 11.9. The van der Waals surface area contributed by atoms with E-state index in [1.165, 1.54) is 0 Å². The molecule has 0 aliphatic carbocycles. The fourth-order valence-corrected chi connectivity index (χ4v) is 1.84. The average molecular weight is 263 g/mol. The number of alkyl halides is 3. The van der Waals surface area contributed by atoms with Crippen LogP contribution in [-0.2, 0) is 6.18 Å². The molecule has 96 valence electrons. The molecular formula is C13H8F3N3. The van der Waals surface area contributed by atoms with Crippen LogP contribution in [0.1, 0.15) is 5.82 Å². The number of benzene rings is 2. The highest BCUT2D eigenvalue weighted by Gasteiger charge is 2.35. The third-order valence-electron chi connectivity index (χ3n) is 2.74. The lowest BCUT2D eigenvalue weighted by molar-refractivity contribution is -0.144. The molecule has 3 rings (SSSR count). The maximum atomic E-state index is 12.4. The second-order valence-corrected chi connectivity index (χ2v) is 4.04. The zero-order valence-corrected chi connectivity index (χ0v) is 9.59. The van der Waals surface area contributed by atoms with Crippen molar-refractivity contribution in [2.45, 2.75) is 6.18 Å². The summed E-state index contributed by atoms with van der Waals surface area (Å²) in [7, 11) is 0. The van der Waals surface area contributed by atoms with Crippen molar-refractivity contribution in [1.29, 1.82) is 0 Å².